The molecule has 0 aromatic carbocycles. The molecule has 0 aliphatic carbocycles. The number of rotatable bonds is 1. The fourth-order valence-corrected chi connectivity index (χ4v) is 1.27. The third-order valence-electron chi connectivity index (χ3n) is 1.95. The number of pyridine rings is 2. The van der Waals surface area contributed by atoms with Gasteiger partial charge in [0.15, 0.2) is 10.8 Å². The van der Waals surface area contributed by atoms with Gasteiger partial charge in [-0.1, -0.05) is 12.1 Å². The molecule has 2 heterocycles. The van der Waals surface area contributed by atoms with Crippen molar-refractivity contribution >= 4 is 5.84 Å². The predicted octanol–water partition coefficient (Wildman–Crippen LogP) is 1.05. The van der Waals surface area contributed by atoms with Crippen LogP contribution in [0.2, 0.25) is 0 Å². The molecule has 2 aromatic heterocycles. The molecule has 0 radical (unpaired) electrons. The Labute approximate surface area is 87.1 Å². The molecule has 0 saturated carbocycles. The van der Waals surface area contributed by atoms with Crippen molar-refractivity contribution in [3.05, 3.63) is 60.7 Å². The predicted molar refractivity (Wildman–Crippen MR) is 54.6 cm³/mol. The van der Waals surface area contributed by atoms with Crippen molar-refractivity contribution < 1.29 is 9.77 Å². The van der Waals surface area contributed by atoms with Crippen LogP contribution in [-0.2, 0) is 0 Å². The largest absolute Gasteiger partial charge is 0.399 e. The van der Waals surface area contributed by atoms with E-state index in [2.05, 4.69) is 10.1 Å². The molecule has 4 heteroatoms. The highest BCUT2D eigenvalue weighted by molar-refractivity contribution is 5.89. The van der Waals surface area contributed by atoms with Crippen LogP contribution in [0, 0.1) is 0 Å². The number of hydrogen-bond donors (Lipinski definition) is 1. The normalized spacial score (nSPS) is 11.3. The first-order valence-corrected chi connectivity index (χ1v) is 4.52. The van der Waals surface area contributed by atoms with Gasteiger partial charge in [0.25, 0.3) is 0 Å². The van der Waals surface area contributed by atoms with E-state index in [1.807, 2.05) is 30.3 Å². The van der Waals surface area contributed by atoms with Crippen LogP contribution in [0.4, 0.5) is 0 Å². The van der Waals surface area contributed by atoms with E-state index in [4.69, 9.17) is 5.21 Å². The minimum absolute atomic E-state index is 0.399. The van der Waals surface area contributed by atoms with E-state index in [1.165, 1.54) is 0 Å². The van der Waals surface area contributed by atoms with Crippen LogP contribution in [0.5, 0.6) is 0 Å². The second kappa shape index (κ2) is 4.32. The van der Waals surface area contributed by atoms with Gasteiger partial charge in [-0.3, -0.25) is 0 Å². The summed E-state index contributed by atoms with van der Waals surface area (Å²) in [6.07, 6.45) is 5.25. The smallest absolute Gasteiger partial charge is 0.313 e. The van der Waals surface area contributed by atoms with Gasteiger partial charge in [-0.25, -0.2) is 4.98 Å². The molecule has 4 nitrogen and oxygen atoms in total. The van der Waals surface area contributed by atoms with E-state index in [-0.39, 0.29) is 0 Å². The van der Waals surface area contributed by atoms with E-state index in [1.54, 1.807) is 29.2 Å². The molecule has 0 aliphatic heterocycles. The molecular formula is C11H10N3O+. The van der Waals surface area contributed by atoms with Crippen molar-refractivity contribution in [2.75, 3.05) is 0 Å². The number of oxime groups is 1. The van der Waals surface area contributed by atoms with Crippen molar-refractivity contribution in [3.63, 3.8) is 0 Å². The van der Waals surface area contributed by atoms with Gasteiger partial charge in [-0.15, -0.1) is 0 Å². The molecule has 0 atom stereocenters. The lowest BCUT2D eigenvalue weighted by Crippen LogP contribution is -2.43. The van der Waals surface area contributed by atoms with E-state index >= 15 is 0 Å². The molecule has 0 amide bonds. The van der Waals surface area contributed by atoms with Gasteiger partial charge in [0.05, 0.1) is 12.4 Å². The van der Waals surface area contributed by atoms with Gasteiger partial charge in [0, 0.05) is 6.20 Å². The minimum atomic E-state index is 0.399. The Hall–Kier alpha value is -2.23. The average molecular weight is 200 g/mol. The SMILES string of the molecule is O/N=C(/c1ccccn1)[n+]1ccccc1. The first-order chi connectivity index (χ1) is 7.42. The summed E-state index contributed by atoms with van der Waals surface area (Å²) >= 11 is 0. The highest BCUT2D eigenvalue weighted by atomic mass is 16.4. The first-order valence-electron chi connectivity index (χ1n) is 4.52. The van der Waals surface area contributed by atoms with Gasteiger partial charge in [-0.05, 0) is 24.3 Å². The topological polar surface area (TPSA) is 49.4 Å². The molecule has 2 rings (SSSR count). The molecule has 2 aromatic rings. The number of hydrogen-bond acceptors (Lipinski definition) is 3. The second-order valence-electron chi connectivity index (χ2n) is 2.92. The van der Waals surface area contributed by atoms with Crippen LogP contribution in [0.1, 0.15) is 5.69 Å². The monoisotopic (exact) mass is 200 g/mol. The summed E-state index contributed by atoms with van der Waals surface area (Å²) in [5.41, 5.74) is 0.621. The molecule has 0 saturated heterocycles. The number of nitrogens with zero attached hydrogens (tertiary/aromatic N) is 3. The van der Waals surface area contributed by atoms with E-state index in [9.17, 15) is 0 Å². The molecule has 0 aliphatic rings. The first kappa shape index (κ1) is 9.33. The quantitative estimate of drug-likeness (QED) is 0.246. The van der Waals surface area contributed by atoms with Crippen LogP contribution in [0.3, 0.4) is 0 Å². The Morgan fingerprint density at radius 1 is 1.13 bits per heavy atom. The zero-order valence-corrected chi connectivity index (χ0v) is 7.99. The highest BCUT2D eigenvalue weighted by Gasteiger charge is 2.16. The van der Waals surface area contributed by atoms with Gasteiger partial charge in [0.1, 0.15) is 0 Å². The van der Waals surface area contributed by atoms with Crippen LogP contribution in [-0.4, -0.2) is 16.0 Å². The van der Waals surface area contributed by atoms with Gasteiger partial charge in [-0.2, -0.15) is 4.57 Å². The van der Waals surface area contributed by atoms with Crippen molar-refractivity contribution in [2.24, 2.45) is 5.16 Å². The Balaban J connectivity index is 2.44. The van der Waals surface area contributed by atoms with Crippen molar-refractivity contribution in [2.45, 2.75) is 0 Å². The maximum absolute atomic E-state index is 8.96. The van der Waals surface area contributed by atoms with Gasteiger partial charge >= 0.3 is 5.84 Å². The van der Waals surface area contributed by atoms with Crippen LogP contribution < -0.4 is 4.57 Å². The molecule has 0 bridgehead atoms. The Morgan fingerprint density at radius 3 is 2.53 bits per heavy atom. The summed E-state index contributed by atoms with van der Waals surface area (Å²) in [7, 11) is 0. The zero-order valence-electron chi connectivity index (χ0n) is 7.99. The van der Waals surface area contributed by atoms with Crippen molar-refractivity contribution in [1.82, 2.24) is 4.98 Å². The molecule has 1 N–H and O–H groups in total. The lowest BCUT2D eigenvalue weighted by atomic mass is 10.3. The summed E-state index contributed by atoms with van der Waals surface area (Å²) in [6, 6.07) is 11.0. The summed E-state index contributed by atoms with van der Waals surface area (Å²) < 4.78 is 1.70. The third-order valence-corrected chi connectivity index (χ3v) is 1.95. The van der Waals surface area contributed by atoms with E-state index < -0.39 is 0 Å². The van der Waals surface area contributed by atoms with Crippen LogP contribution in [0.25, 0.3) is 0 Å². The molecule has 0 spiro atoms. The van der Waals surface area contributed by atoms with E-state index in [0.29, 0.717) is 11.5 Å². The molecule has 0 unspecified atom stereocenters. The molecular weight excluding hydrogens is 190 g/mol. The van der Waals surface area contributed by atoms with Crippen LogP contribution in [0.15, 0.2) is 60.1 Å². The second-order valence-corrected chi connectivity index (χ2v) is 2.92. The minimum Gasteiger partial charge on any atom is -0.313 e. The third kappa shape index (κ3) is 1.99. The fourth-order valence-electron chi connectivity index (χ4n) is 1.27. The zero-order chi connectivity index (χ0) is 10.5. The lowest BCUT2D eigenvalue weighted by Gasteiger charge is -1.96. The maximum atomic E-state index is 8.96. The molecule has 0 fully saturated rings. The van der Waals surface area contributed by atoms with Crippen molar-refractivity contribution in [1.29, 1.82) is 0 Å². The molecule has 74 valence electrons. The average Bonchev–Trinajstić information content (AvgIpc) is 2.33. The Bertz CT molecular complexity index is 412. The van der Waals surface area contributed by atoms with E-state index in [0.717, 1.165) is 0 Å². The summed E-state index contributed by atoms with van der Waals surface area (Å²) in [4.78, 5) is 4.11. The Morgan fingerprint density at radius 2 is 1.93 bits per heavy atom. The van der Waals surface area contributed by atoms with Crippen molar-refractivity contribution in [3.8, 4) is 0 Å². The lowest BCUT2D eigenvalue weighted by molar-refractivity contribution is -0.556. The summed E-state index contributed by atoms with van der Waals surface area (Å²) in [6.45, 7) is 0. The molecule has 15 heavy (non-hydrogen) atoms. The van der Waals surface area contributed by atoms with Crippen LogP contribution >= 0.6 is 0 Å². The summed E-state index contributed by atoms with van der Waals surface area (Å²) in [5, 5.41) is 12.2. The maximum Gasteiger partial charge on any atom is 0.399 e. The number of aromatic nitrogens is 2. The van der Waals surface area contributed by atoms with Gasteiger partial charge in [0.2, 0.25) is 0 Å². The highest BCUT2D eigenvalue weighted by Crippen LogP contribution is 1.94. The summed E-state index contributed by atoms with van der Waals surface area (Å²) in [5.74, 6) is 0.399. The van der Waals surface area contributed by atoms with Gasteiger partial charge < -0.3 is 5.21 Å². The standard InChI is InChI=1S/C11H9N3O/c15-13-11(10-6-2-3-7-12-10)14-8-4-1-5-9-14/h1-9H/p+1/b13-11-. The Kier molecular flexibility index (Phi) is 2.69. The fraction of sp³-hybridized carbons (Fsp3) is 0.